The van der Waals surface area contributed by atoms with Crippen LogP contribution >= 0.6 is 0 Å². The molecule has 4 heteroatoms. The first-order valence-electron chi connectivity index (χ1n) is 7.75. The third kappa shape index (κ3) is 2.96. The fourth-order valence-electron chi connectivity index (χ4n) is 2.67. The van der Waals surface area contributed by atoms with Crippen LogP contribution < -0.4 is 10.2 Å². The van der Waals surface area contributed by atoms with Crippen molar-refractivity contribution in [2.75, 3.05) is 18.0 Å². The normalized spacial score (nSPS) is 13.3. The van der Waals surface area contributed by atoms with Gasteiger partial charge in [0.05, 0.1) is 11.9 Å². The van der Waals surface area contributed by atoms with Crippen LogP contribution in [0.25, 0.3) is 0 Å². The molecule has 1 aromatic carbocycles. The second kappa shape index (κ2) is 6.18. The number of amides is 1. The predicted molar refractivity (Wildman–Crippen MR) is 88.6 cm³/mol. The van der Waals surface area contributed by atoms with Gasteiger partial charge < -0.3 is 10.2 Å². The number of nitrogens with zero attached hydrogens (tertiary/aromatic N) is 2. The molecule has 2 heterocycles. The van der Waals surface area contributed by atoms with Gasteiger partial charge in [-0.25, -0.2) is 4.98 Å². The van der Waals surface area contributed by atoms with Gasteiger partial charge in [-0.2, -0.15) is 0 Å². The topological polar surface area (TPSA) is 45.2 Å². The molecule has 0 unspecified atom stereocenters. The van der Waals surface area contributed by atoms with Gasteiger partial charge in [0, 0.05) is 18.8 Å². The first kappa shape index (κ1) is 14.6. The van der Waals surface area contributed by atoms with Gasteiger partial charge in [-0.05, 0) is 36.1 Å². The molecule has 1 amide bonds. The molecule has 3 rings (SSSR count). The summed E-state index contributed by atoms with van der Waals surface area (Å²) in [6.45, 7) is 5.77. The number of benzene rings is 1. The highest BCUT2D eigenvalue weighted by Crippen LogP contribution is 2.33. The largest absolute Gasteiger partial charge is 0.350 e. The minimum Gasteiger partial charge on any atom is -0.350 e. The van der Waals surface area contributed by atoms with Crippen molar-refractivity contribution >= 4 is 17.3 Å². The standard InChI is InChI=1S/C18H21N3O/c1-13(2)11-20-18(22)16-8-7-15(12-19-16)21-10-9-14-5-3-4-6-17(14)21/h3-8,12-13H,9-11H2,1-2H3,(H,20,22). The summed E-state index contributed by atoms with van der Waals surface area (Å²) < 4.78 is 0. The number of anilines is 2. The van der Waals surface area contributed by atoms with Crippen LogP contribution in [0.5, 0.6) is 0 Å². The van der Waals surface area contributed by atoms with Crippen molar-refractivity contribution in [1.29, 1.82) is 0 Å². The SMILES string of the molecule is CC(C)CNC(=O)c1ccc(N2CCc3ccccc32)cn1. The smallest absolute Gasteiger partial charge is 0.269 e. The van der Waals surface area contributed by atoms with Crippen molar-refractivity contribution in [1.82, 2.24) is 10.3 Å². The summed E-state index contributed by atoms with van der Waals surface area (Å²) in [5.41, 5.74) is 4.10. The van der Waals surface area contributed by atoms with Gasteiger partial charge >= 0.3 is 0 Å². The van der Waals surface area contributed by atoms with Crippen molar-refractivity contribution in [3.8, 4) is 0 Å². The highest BCUT2D eigenvalue weighted by atomic mass is 16.1. The molecule has 1 aromatic heterocycles. The summed E-state index contributed by atoms with van der Waals surface area (Å²) in [6.07, 6.45) is 2.83. The van der Waals surface area contributed by atoms with Crippen molar-refractivity contribution in [2.24, 2.45) is 5.92 Å². The Morgan fingerprint density at radius 2 is 2.09 bits per heavy atom. The van der Waals surface area contributed by atoms with Gasteiger partial charge in [0.1, 0.15) is 5.69 Å². The lowest BCUT2D eigenvalue weighted by molar-refractivity contribution is 0.0944. The van der Waals surface area contributed by atoms with Crippen LogP contribution in [0, 0.1) is 5.92 Å². The Labute approximate surface area is 131 Å². The van der Waals surface area contributed by atoms with Crippen molar-refractivity contribution in [3.63, 3.8) is 0 Å². The second-order valence-corrected chi connectivity index (χ2v) is 6.04. The number of para-hydroxylation sites is 1. The van der Waals surface area contributed by atoms with Gasteiger partial charge in [0.15, 0.2) is 0 Å². The first-order chi connectivity index (χ1) is 10.6. The number of hydrogen-bond donors (Lipinski definition) is 1. The molecule has 4 nitrogen and oxygen atoms in total. The van der Waals surface area contributed by atoms with Crippen molar-refractivity contribution in [3.05, 3.63) is 53.9 Å². The number of aromatic nitrogens is 1. The lowest BCUT2D eigenvalue weighted by atomic mass is 10.2. The van der Waals surface area contributed by atoms with E-state index < -0.39 is 0 Å². The number of hydrogen-bond acceptors (Lipinski definition) is 3. The molecule has 0 aliphatic carbocycles. The number of carbonyl (C=O) groups excluding carboxylic acids is 1. The van der Waals surface area contributed by atoms with Gasteiger partial charge in [-0.15, -0.1) is 0 Å². The molecule has 2 aromatic rings. The number of nitrogens with one attached hydrogen (secondary N) is 1. The summed E-state index contributed by atoms with van der Waals surface area (Å²) in [5, 5.41) is 2.89. The van der Waals surface area contributed by atoms with E-state index in [1.807, 2.05) is 6.07 Å². The maximum Gasteiger partial charge on any atom is 0.269 e. The summed E-state index contributed by atoms with van der Waals surface area (Å²) >= 11 is 0. The van der Waals surface area contributed by atoms with Crippen LogP contribution in [-0.4, -0.2) is 24.0 Å². The molecule has 1 N–H and O–H groups in total. The van der Waals surface area contributed by atoms with Crippen LogP contribution in [-0.2, 0) is 6.42 Å². The molecule has 22 heavy (non-hydrogen) atoms. The average Bonchev–Trinajstić information content (AvgIpc) is 2.97. The highest BCUT2D eigenvalue weighted by Gasteiger charge is 2.20. The van der Waals surface area contributed by atoms with E-state index in [4.69, 9.17) is 0 Å². The van der Waals surface area contributed by atoms with Crippen molar-refractivity contribution < 1.29 is 4.79 Å². The monoisotopic (exact) mass is 295 g/mol. The van der Waals surface area contributed by atoms with E-state index in [-0.39, 0.29) is 5.91 Å². The highest BCUT2D eigenvalue weighted by molar-refractivity contribution is 5.92. The molecule has 1 aliphatic rings. The zero-order valence-corrected chi connectivity index (χ0v) is 13.0. The van der Waals surface area contributed by atoms with Crippen LogP contribution in [0.1, 0.15) is 29.9 Å². The third-order valence-corrected chi connectivity index (χ3v) is 3.85. The molecule has 0 saturated carbocycles. The number of rotatable bonds is 4. The maximum absolute atomic E-state index is 12.0. The molecule has 0 radical (unpaired) electrons. The summed E-state index contributed by atoms with van der Waals surface area (Å²) in [5.74, 6) is 0.325. The Morgan fingerprint density at radius 1 is 1.27 bits per heavy atom. The molecule has 0 fully saturated rings. The van der Waals surface area contributed by atoms with Crippen LogP contribution in [0.2, 0.25) is 0 Å². The summed E-state index contributed by atoms with van der Waals surface area (Å²) in [4.78, 5) is 18.6. The lowest BCUT2D eigenvalue weighted by Crippen LogP contribution is -2.28. The Morgan fingerprint density at radius 3 is 2.82 bits per heavy atom. The number of carbonyl (C=O) groups is 1. The molecular weight excluding hydrogens is 274 g/mol. The maximum atomic E-state index is 12.0. The Balaban J connectivity index is 1.74. The zero-order valence-electron chi connectivity index (χ0n) is 13.0. The predicted octanol–water partition coefficient (Wildman–Crippen LogP) is 3.16. The van der Waals surface area contributed by atoms with Gasteiger partial charge in [-0.1, -0.05) is 32.0 Å². The van der Waals surface area contributed by atoms with E-state index in [0.29, 0.717) is 18.2 Å². The Kier molecular flexibility index (Phi) is 4.09. The van der Waals surface area contributed by atoms with E-state index in [1.165, 1.54) is 11.3 Å². The fourth-order valence-corrected chi connectivity index (χ4v) is 2.67. The summed E-state index contributed by atoms with van der Waals surface area (Å²) in [6, 6.07) is 12.2. The fraction of sp³-hybridized carbons (Fsp3) is 0.333. The van der Waals surface area contributed by atoms with E-state index in [2.05, 4.69) is 53.3 Å². The third-order valence-electron chi connectivity index (χ3n) is 3.85. The van der Waals surface area contributed by atoms with Gasteiger partial charge in [0.2, 0.25) is 0 Å². The van der Waals surface area contributed by atoms with E-state index in [0.717, 1.165) is 18.7 Å². The van der Waals surface area contributed by atoms with Crippen LogP contribution in [0.4, 0.5) is 11.4 Å². The van der Waals surface area contributed by atoms with E-state index in [9.17, 15) is 4.79 Å². The number of fused-ring (bicyclic) bond motifs is 1. The Bertz CT molecular complexity index is 664. The van der Waals surface area contributed by atoms with Gasteiger partial charge in [-0.3, -0.25) is 4.79 Å². The minimum atomic E-state index is -0.109. The molecule has 0 saturated heterocycles. The minimum absolute atomic E-state index is 0.109. The van der Waals surface area contributed by atoms with Gasteiger partial charge in [0.25, 0.3) is 5.91 Å². The quantitative estimate of drug-likeness (QED) is 0.942. The van der Waals surface area contributed by atoms with Crippen LogP contribution in [0.15, 0.2) is 42.6 Å². The zero-order chi connectivity index (χ0) is 15.5. The second-order valence-electron chi connectivity index (χ2n) is 6.04. The van der Waals surface area contributed by atoms with Crippen molar-refractivity contribution in [2.45, 2.75) is 20.3 Å². The molecule has 114 valence electrons. The summed E-state index contributed by atoms with van der Waals surface area (Å²) in [7, 11) is 0. The molecular formula is C18H21N3O. The van der Waals surface area contributed by atoms with Crippen LogP contribution in [0.3, 0.4) is 0 Å². The molecule has 1 aliphatic heterocycles. The first-order valence-corrected chi connectivity index (χ1v) is 7.75. The Hall–Kier alpha value is -2.36. The average molecular weight is 295 g/mol. The molecule has 0 spiro atoms. The van der Waals surface area contributed by atoms with E-state index in [1.54, 1.807) is 12.3 Å². The molecule has 0 bridgehead atoms. The number of pyridine rings is 1. The van der Waals surface area contributed by atoms with E-state index >= 15 is 0 Å². The molecule has 0 atom stereocenters. The lowest BCUT2D eigenvalue weighted by Gasteiger charge is -2.19.